The SMILES string of the molecule is CN(Cc1ccc(F)cc1F)C(=O)Cc1cnn(-c2ccccc2)c1. The Labute approximate surface area is 144 Å². The van der Waals surface area contributed by atoms with Crippen molar-refractivity contribution in [2.75, 3.05) is 7.05 Å². The molecule has 0 radical (unpaired) electrons. The second kappa shape index (κ2) is 7.25. The van der Waals surface area contributed by atoms with Crippen LogP contribution in [0.1, 0.15) is 11.1 Å². The monoisotopic (exact) mass is 341 g/mol. The summed E-state index contributed by atoms with van der Waals surface area (Å²) >= 11 is 0. The van der Waals surface area contributed by atoms with Crippen molar-refractivity contribution in [3.63, 3.8) is 0 Å². The van der Waals surface area contributed by atoms with Crippen molar-refractivity contribution in [3.8, 4) is 5.69 Å². The summed E-state index contributed by atoms with van der Waals surface area (Å²) in [4.78, 5) is 13.7. The predicted octanol–water partition coefficient (Wildman–Crippen LogP) is 3.35. The highest BCUT2D eigenvalue weighted by molar-refractivity contribution is 5.78. The average Bonchev–Trinajstić information content (AvgIpc) is 3.06. The molecule has 0 atom stereocenters. The van der Waals surface area contributed by atoms with Gasteiger partial charge in [0.05, 0.1) is 18.3 Å². The Bertz CT molecular complexity index is 877. The number of likely N-dealkylation sites (N-methyl/N-ethyl adjacent to an activating group) is 1. The molecule has 0 unspecified atom stereocenters. The minimum Gasteiger partial charge on any atom is -0.341 e. The minimum absolute atomic E-state index is 0.0811. The summed E-state index contributed by atoms with van der Waals surface area (Å²) in [5, 5.41) is 4.25. The van der Waals surface area contributed by atoms with Crippen LogP contribution in [0.4, 0.5) is 8.78 Å². The number of carbonyl (C=O) groups excluding carboxylic acids is 1. The fraction of sp³-hybridized carbons (Fsp3) is 0.158. The highest BCUT2D eigenvalue weighted by Gasteiger charge is 2.14. The van der Waals surface area contributed by atoms with Gasteiger partial charge in [-0.05, 0) is 23.8 Å². The molecule has 0 aliphatic heterocycles. The number of carbonyl (C=O) groups is 1. The Morgan fingerprint density at radius 3 is 2.64 bits per heavy atom. The predicted molar refractivity (Wildman–Crippen MR) is 90.1 cm³/mol. The van der Waals surface area contributed by atoms with Crippen LogP contribution < -0.4 is 0 Å². The van der Waals surface area contributed by atoms with Crippen molar-refractivity contribution >= 4 is 5.91 Å². The third kappa shape index (κ3) is 4.09. The summed E-state index contributed by atoms with van der Waals surface area (Å²) < 4.78 is 28.3. The molecule has 0 N–H and O–H groups in total. The third-order valence-corrected chi connectivity index (χ3v) is 3.86. The molecule has 3 aromatic rings. The molecule has 1 heterocycles. The molecule has 1 amide bonds. The van der Waals surface area contributed by atoms with E-state index in [1.54, 1.807) is 24.1 Å². The molecular weight excluding hydrogens is 324 g/mol. The minimum atomic E-state index is -0.656. The van der Waals surface area contributed by atoms with Gasteiger partial charge in [0.2, 0.25) is 5.91 Å². The smallest absolute Gasteiger partial charge is 0.227 e. The van der Waals surface area contributed by atoms with E-state index in [1.165, 1.54) is 17.0 Å². The lowest BCUT2D eigenvalue weighted by Crippen LogP contribution is -2.28. The standard InChI is InChI=1S/C19H17F2N3O/c1-23(13-15-7-8-16(20)10-18(15)21)19(25)9-14-11-22-24(12-14)17-5-3-2-4-6-17/h2-8,10-12H,9,13H2,1H3. The van der Waals surface area contributed by atoms with Gasteiger partial charge in [0.15, 0.2) is 0 Å². The summed E-state index contributed by atoms with van der Waals surface area (Å²) in [5.41, 5.74) is 1.94. The maximum absolute atomic E-state index is 13.7. The molecule has 0 saturated carbocycles. The van der Waals surface area contributed by atoms with Crippen LogP contribution in [0, 0.1) is 11.6 Å². The molecule has 2 aromatic carbocycles. The quantitative estimate of drug-likeness (QED) is 0.714. The number of para-hydroxylation sites is 1. The van der Waals surface area contributed by atoms with Crippen LogP contribution in [0.3, 0.4) is 0 Å². The lowest BCUT2D eigenvalue weighted by atomic mass is 10.1. The number of hydrogen-bond donors (Lipinski definition) is 0. The van der Waals surface area contributed by atoms with Gasteiger partial charge in [-0.2, -0.15) is 5.10 Å². The number of nitrogens with zero attached hydrogens (tertiary/aromatic N) is 3. The Balaban J connectivity index is 1.65. The first-order valence-corrected chi connectivity index (χ1v) is 7.80. The number of aromatic nitrogens is 2. The van der Waals surface area contributed by atoms with Crippen molar-refractivity contribution in [2.45, 2.75) is 13.0 Å². The van der Waals surface area contributed by atoms with E-state index in [0.29, 0.717) is 0 Å². The zero-order chi connectivity index (χ0) is 17.8. The summed E-state index contributed by atoms with van der Waals surface area (Å²) in [7, 11) is 1.59. The van der Waals surface area contributed by atoms with Gasteiger partial charge in [0, 0.05) is 31.4 Å². The van der Waals surface area contributed by atoms with Gasteiger partial charge in [-0.1, -0.05) is 24.3 Å². The van der Waals surface area contributed by atoms with E-state index in [0.717, 1.165) is 17.3 Å². The summed E-state index contributed by atoms with van der Waals surface area (Å²) in [6.07, 6.45) is 3.59. The number of amides is 1. The lowest BCUT2D eigenvalue weighted by molar-refractivity contribution is -0.129. The van der Waals surface area contributed by atoms with E-state index in [4.69, 9.17) is 0 Å². The van der Waals surface area contributed by atoms with Gasteiger partial charge in [-0.15, -0.1) is 0 Å². The van der Waals surface area contributed by atoms with Gasteiger partial charge in [0.1, 0.15) is 11.6 Å². The lowest BCUT2D eigenvalue weighted by Gasteiger charge is -2.17. The van der Waals surface area contributed by atoms with E-state index < -0.39 is 11.6 Å². The molecule has 0 aliphatic carbocycles. The molecule has 1 aromatic heterocycles. The zero-order valence-corrected chi connectivity index (χ0v) is 13.7. The van der Waals surface area contributed by atoms with E-state index in [-0.39, 0.29) is 24.4 Å². The van der Waals surface area contributed by atoms with E-state index >= 15 is 0 Å². The fourth-order valence-corrected chi connectivity index (χ4v) is 2.48. The maximum atomic E-state index is 13.7. The van der Waals surface area contributed by atoms with Crippen molar-refractivity contribution in [3.05, 3.63) is 83.7 Å². The van der Waals surface area contributed by atoms with Crippen LogP contribution in [-0.4, -0.2) is 27.6 Å². The molecule has 6 heteroatoms. The largest absolute Gasteiger partial charge is 0.341 e. The number of rotatable bonds is 5. The van der Waals surface area contributed by atoms with Gasteiger partial charge in [-0.3, -0.25) is 4.79 Å². The summed E-state index contributed by atoms with van der Waals surface area (Å²) in [6, 6.07) is 12.9. The second-order valence-electron chi connectivity index (χ2n) is 5.79. The molecular formula is C19H17F2N3O. The van der Waals surface area contributed by atoms with Gasteiger partial charge in [-0.25, -0.2) is 13.5 Å². The van der Waals surface area contributed by atoms with Crippen molar-refractivity contribution in [1.82, 2.24) is 14.7 Å². The van der Waals surface area contributed by atoms with Crippen LogP contribution in [0.15, 0.2) is 60.9 Å². The van der Waals surface area contributed by atoms with E-state index in [9.17, 15) is 13.6 Å². The number of halogens is 2. The molecule has 0 aliphatic rings. The molecule has 0 fully saturated rings. The normalized spacial score (nSPS) is 10.7. The fourth-order valence-electron chi connectivity index (χ4n) is 2.48. The molecule has 3 rings (SSSR count). The zero-order valence-electron chi connectivity index (χ0n) is 13.7. The highest BCUT2D eigenvalue weighted by atomic mass is 19.1. The van der Waals surface area contributed by atoms with Gasteiger partial charge >= 0.3 is 0 Å². The molecule has 25 heavy (non-hydrogen) atoms. The van der Waals surface area contributed by atoms with Crippen LogP contribution >= 0.6 is 0 Å². The van der Waals surface area contributed by atoms with Crippen LogP contribution in [0.2, 0.25) is 0 Å². The number of hydrogen-bond acceptors (Lipinski definition) is 2. The molecule has 128 valence electrons. The first-order chi connectivity index (χ1) is 12.0. The molecule has 0 saturated heterocycles. The Kier molecular flexibility index (Phi) is 4.88. The van der Waals surface area contributed by atoms with Gasteiger partial charge in [0.25, 0.3) is 0 Å². The van der Waals surface area contributed by atoms with E-state index in [1.807, 2.05) is 30.3 Å². The second-order valence-corrected chi connectivity index (χ2v) is 5.79. The Hall–Kier alpha value is -3.02. The molecule has 0 bridgehead atoms. The highest BCUT2D eigenvalue weighted by Crippen LogP contribution is 2.13. The van der Waals surface area contributed by atoms with Crippen molar-refractivity contribution in [2.24, 2.45) is 0 Å². The Morgan fingerprint density at radius 2 is 1.92 bits per heavy atom. The van der Waals surface area contributed by atoms with Crippen LogP contribution in [-0.2, 0) is 17.8 Å². The third-order valence-electron chi connectivity index (χ3n) is 3.86. The van der Waals surface area contributed by atoms with Crippen molar-refractivity contribution < 1.29 is 13.6 Å². The maximum Gasteiger partial charge on any atom is 0.227 e. The Morgan fingerprint density at radius 1 is 1.16 bits per heavy atom. The van der Waals surface area contributed by atoms with Crippen molar-refractivity contribution in [1.29, 1.82) is 0 Å². The first-order valence-electron chi connectivity index (χ1n) is 7.80. The average molecular weight is 341 g/mol. The van der Waals surface area contributed by atoms with Crippen LogP contribution in [0.5, 0.6) is 0 Å². The first kappa shape index (κ1) is 16.8. The summed E-state index contributed by atoms with van der Waals surface area (Å²) in [5.74, 6) is -1.46. The number of benzene rings is 2. The van der Waals surface area contributed by atoms with E-state index in [2.05, 4.69) is 5.10 Å². The van der Waals surface area contributed by atoms with Crippen LogP contribution in [0.25, 0.3) is 5.69 Å². The topological polar surface area (TPSA) is 38.1 Å². The summed E-state index contributed by atoms with van der Waals surface area (Å²) in [6.45, 7) is 0.0811. The molecule has 0 spiro atoms. The van der Waals surface area contributed by atoms with Gasteiger partial charge < -0.3 is 4.90 Å². The molecule has 4 nitrogen and oxygen atoms in total.